The molecule has 0 atom stereocenters. The van der Waals surface area contributed by atoms with Crippen LogP contribution in [0.3, 0.4) is 0 Å². The second kappa shape index (κ2) is 8.98. The van der Waals surface area contributed by atoms with Crippen LogP contribution < -0.4 is 10.6 Å². The standard InChI is InChI=1S/C21H30N6O2/c1-21(2,3)29-20(28)27-13-18(14-27)25-19(22-4)24-11-16-6-5-7-17(10-16)12-26-9-8-23-15-26/h5-10,15,18H,11-14H2,1-4H3,(H2,22,24,25). The van der Waals surface area contributed by atoms with Gasteiger partial charge in [-0.25, -0.2) is 9.78 Å². The van der Waals surface area contributed by atoms with Crippen molar-refractivity contribution in [2.45, 2.75) is 45.5 Å². The summed E-state index contributed by atoms with van der Waals surface area (Å²) >= 11 is 0. The third-order valence-corrected chi connectivity index (χ3v) is 4.47. The van der Waals surface area contributed by atoms with E-state index in [1.807, 2.05) is 37.9 Å². The van der Waals surface area contributed by atoms with E-state index in [9.17, 15) is 4.79 Å². The van der Waals surface area contributed by atoms with E-state index >= 15 is 0 Å². The maximum Gasteiger partial charge on any atom is 0.410 e. The molecule has 1 saturated heterocycles. The molecule has 1 aliphatic heterocycles. The fraction of sp³-hybridized carbons (Fsp3) is 0.476. The van der Waals surface area contributed by atoms with Crippen LogP contribution in [0.1, 0.15) is 31.9 Å². The van der Waals surface area contributed by atoms with Gasteiger partial charge in [0.2, 0.25) is 0 Å². The largest absolute Gasteiger partial charge is 0.444 e. The first-order valence-electron chi connectivity index (χ1n) is 9.81. The Hall–Kier alpha value is -3.03. The van der Waals surface area contributed by atoms with Crippen LogP contribution in [0.2, 0.25) is 0 Å². The fourth-order valence-electron chi connectivity index (χ4n) is 3.05. The molecule has 8 heteroatoms. The normalized spacial score (nSPS) is 15.0. The maximum absolute atomic E-state index is 12.0. The predicted molar refractivity (Wildman–Crippen MR) is 113 cm³/mol. The number of imidazole rings is 1. The van der Waals surface area contributed by atoms with Gasteiger partial charge in [0.1, 0.15) is 5.60 Å². The molecule has 1 aromatic heterocycles. The molecular weight excluding hydrogens is 368 g/mol. The lowest BCUT2D eigenvalue weighted by molar-refractivity contribution is 0.00701. The van der Waals surface area contributed by atoms with Crippen molar-refractivity contribution < 1.29 is 9.53 Å². The number of aliphatic imine (C=N–C) groups is 1. The molecule has 1 aliphatic rings. The van der Waals surface area contributed by atoms with E-state index in [1.54, 1.807) is 18.1 Å². The van der Waals surface area contributed by atoms with Gasteiger partial charge in [-0.3, -0.25) is 4.99 Å². The average Bonchev–Trinajstić information content (AvgIpc) is 3.12. The van der Waals surface area contributed by atoms with Gasteiger partial charge < -0.3 is 24.8 Å². The fourth-order valence-corrected chi connectivity index (χ4v) is 3.05. The first kappa shape index (κ1) is 20.7. The summed E-state index contributed by atoms with van der Waals surface area (Å²) in [5.74, 6) is 0.721. The van der Waals surface area contributed by atoms with Gasteiger partial charge in [0, 0.05) is 45.6 Å². The van der Waals surface area contributed by atoms with Gasteiger partial charge in [-0.1, -0.05) is 24.3 Å². The molecule has 2 N–H and O–H groups in total. The third kappa shape index (κ3) is 6.23. The van der Waals surface area contributed by atoms with Gasteiger partial charge in [0.15, 0.2) is 5.96 Å². The summed E-state index contributed by atoms with van der Waals surface area (Å²) < 4.78 is 7.42. The number of nitrogens with one attached hydrogen (secondary N) is 2. The Morgan fingerprint density at radius 2 is 2.07 bits per heavy atom. The molecule has 0 saturated carbocycles. The van der Waals surface area contributed by atoms with Crippen molar-refractivity contribution in [2.24, 2.45) is 4.99 Å². The van der Waals surface area contributed by atoms with Crippen molar-refractivity contribution in [3.05, 3.63) is 54.1 Å². The highest BCUT2D eigenvalue weighted by atomic mass is 16.6. The molecule has 156 valence electrons. The molecule has 2 heterocycles. The summed E-state index contributed by atoms with van der Waals surface area (Å²) in [7, 11) is 1.75. The Labute approximate surface area is 172 Å². The number of amides is 1. The van der Waals surface area contributed by atoms with E-state index in [0.717, 1.165) is 12.5 Å². The maximum atomic E-state index is 12.0. The number of aromatic nitrogens is 2. The van der Waals surface area contributed by atoms with E-state index in [2.05, 4.69) is 44.9 Å². The summed E-state index contributed by atoms with van der Waals surface area (Å²) in [6.45, 7) is 8.29. The van der Waals surface area contributed by atoms with Crippen LogP contribution in [0.15, 0.2) is 48.0 Å². The van der Waals surface area contributed by atoms with Crippen LogP contribution in [0.4, 0.5) is 4.79 Å². The van der Waals surface area contributed by atoms with Crippen molar-refractivity contribution in [3.8, 4) is 0 Å². The smallest absolute Gasteiger partial charge is 0.410 e. The number of ether oxygens (including phenoxy) is 1. The van der Waals surface area contributed by atoms with Gasteiger partial charge in [-0.2, -0.15) is 0 Å². The van der Waals surface area contributed by atoms with Gasteiger partial charge in [0.05, 0.1) is 12.4 Å². The van der Waals surface area contributed by atoms with E-state index < -0.39 is 5.60 Å². The molecule has 29 heavy (non-hydrogen) atoms. The van der Waals surface area contributed by atoms with Gasteiger partial charge >= 0.3 is 6.09 Å². The molecule has 8 nitrogen and oxygen atoms in total. The van der Waals surface area contributed by atoms with Crippen molar-refractivity contribution in [1.29, 1.82) is 0 Å². The van der Waals surface area contributed by atoms with Crippen LogP contribution >= 0.6 is 0 Å². The van der Waals surface area contributed by atoms with E-state index in [1.165, 1.54) is 11.1 Å². The molecule has 2 aromatic rings. The van der Waals surface area contributed by atoms with Crippen molar-refractivity contribution in [1.82, 2.24) is 25.1 Å². The predicted octanol–water partition coefficient (Wildman–Crippen LogP) is 2.22. The first-order chi connectivity index (χ1) is 13.8. The minimum absolute atomic E-state index is 0.168. The van der Waals surface area contributed by atoms with Crippen LogP contribution in [0.25, 0.3) is 0 Å². The van der Waals surface area contributed by atoms with Crippen LogP contribution in [-0.2, 0) is 17.8 Å². The molecule has 3 rings (SSSR count). The van der Waals surface area contributed by atoms with Crippen LogP contribution in [-0.4, -0.2) is 58.3 Å². The molecule has 1 aromatic carbocycles. The zero-order valence-corrected chi connectivity index (χ0v) is 17.6. The number of rotatable bonds is 5. The van der Waals surface area contributed by atoms with Crippen molar-refractivity contribution in [2.75, 3.05) is 20.1 Å². The topological polar surface area (TPSA) is 83.8 Å². The minimum Gasteiger partial charge on any atom is -0.444 e. The Morgan fingerprint density at radius 3 is 2.72 bits per heavy atom. The van der Waals surface area contributed by atoms with Gasteiger partial charge in [-0.15, -0.1) is 0 Å². The number of benzene rings is 1. The number of carbonyl (C=O) groups is 1. The van der Waals surface area contributed by atoms with E-state index in [-0.39, 0.29) is 12.1 Å². The van der Waals surface area contributed by atoms with Crippen molar-refractivity contribution >= 4 is 12.1 Å². The van der Waals surface area contributed by atoms with Crippen molar-refractivity contribution in [3.63, 3.8) is 0 Å². The molecule has 1 amide bonds. The van der Waals surface area contributed by atoms with Crippen LogP contribution in [0, 0.1) is 0 Å². The third-order valence-electron chi connectivity index (χ3n) is 4.47. The molecule has 0 radical (unpaired) electrons. The molecule has 0 bridgehead atoms. The Morgan fingerprint density at radius 1 is 1.31 bits per heavy atom. The quantitative estimate of drug-likeness (QED) is 0.596. The number of hydrogen-bond acceptors (Lipinski definition) is 4. The molecular formula is C21H30N6O2. The van der Waals surface area contributed by atoms with E-state index in [4.69, 9.17) is 4.74 Å². The summed E-state index contributed by atoms with van der Waals surface area (Å²) in [5, 5.41) is 6.69. The average molecular weight is 399 g/mol. The zero-order valence-electron chi connectivity index (χ0n) is 17.6. The monoisotopic (exact) mass is 398 g/mol. The lowest BCUT2D eigenvalue weighted by Crippen LogP contribution is -2.63. The Kier molecular flexibility index (Phi) is 6.41. The Balaban J connectivity index is 1.44. The molecule has 0 unspecified atom stereocenters. The van der Waals surface area contributed by atoms with Crippen LogP contribution in [0.5, 0.6) is 0 Å². The number of carbonyl (C=O) groups excluding carboxylic acids is 1. The number of likely N-dealkylation sites (tertiary alicyclic amines) is 1. The second-order valence-corrected chi connectivity index (χ2v) is 8.21. The summed E-state index contributed by atoms with van der Waals surface area (Å²) in [4.78, 5) is 22.1. The number of hydrogen-bond donors (Lipinski definition) is 2. The number of nitrogens with zero attached hydrogens (tertiary/aromatic N) is 4. The summed E-state index contributed by atoms with van der Waals surface area (Å²) in [5.41, 5.74) is 1.92. The molecule has 0 spiro atoms. The first-order valence-corrected chi connectivity index (χ1v) is 9.81. The number of guanidine groups is 1. The summed E-state index contributed by atoms with van der Waals surface area (Å²) in [6.07, 6.45) is 5.28. The Bertz CT molecular complexity index is 835. The highest BCUT2D eigenvalue weighted by molar-refractivity contribution is 5.80. The lowest BCUT2D eigenvalue weighted by Gasteiger charge is -2.40. The van der Waals surface area contributed by atoms with E-state index in [0.29, 0.717) is 19.6 Å². The second-order valence-electron chi connectivity index (χ2n) is 8.21. The molecule has 1 fully saturated rings. The highest BCUT2D eigenvalue weighted by Gasteiger charge is 2.34. The zero-order chi connectivity index (χ0) is 20.9. The van der Waals surface area contributed by atoms with Gasteiger partial charge in [-0.05, 0) is 31.9 Å². The molecule has 0 aliphatic carbocycles. The van der Waals surface area contributed by atoms with Gasteiger partial charge in [0.25, 0.3) is 0 Å². The minimum atomic E-state index is -0.473. The lowest BCUT2D eigenvalue weighted by atomic mass is 10.1. The highest BCUT2D eigenvalue weighted by Crippen LogP contribution is 2.15. The summed E-state index contributed by atoms with van der Waals surface area (Å²) in [6, 6.07) is 8.60. The SMILES string of the molecule is CN=C(NCc1cccc(Cn2ccnc2)c1)NC1CN(C(=O)OC(C)(C)C)C1.